The van der Waals surface area contributed by atoms with Crippen molar-refractivity contribution in [2.75, 3.05) is 0 Å². The van der Waals surface area contributed by atoms with Crippen molar-refractivity contribution < 1.29 is 14.3 Å². The molecular weight excluding hydrogens is 248 g/mol. The van der Waals surface area contributed by atoms with Crippen LogP contribution in [0.4, 0.5) is 0 Å². The average Bonchev–Trinajstić information content (AvgIpc) is 2.47. The molecular formula is C10H7BrO3. The number of halogens is 1. The number of carboxylic acids is 1. The van der Waals surface area contributed by atoms with Gasteiger partial charge in [-0.1, -0.05) is 0 Å². The normalized spacial score (nSPS) is 10.7. The van der Waals surface area contributed by atoms with E-state index in [2.05, 4.69) is 15.9 Å². The van der Waals surface area contributed by atoms with Crippen molar-refractivity contribution in [1.82, 2.24) is 0 Å². The van der Waals surface area contributed by atoms with Gasteiger partial charge in [-0.15, -0.1) is 0 Å². The zero-order valence-electron chi connectivity index (χ0n) is 7.37. The van der Waals surface area contributed by atoms with Gasteiger partial charge in [0.1, 0.15) is 5.58 Å². The fraction of sp³-hybridized carbons (Fsp3) is 0.100. The molecule has 0 saturated carbocycles. The van der Waals surface area contributed by atoms with Crippen LogP contribution in [0.1, 0.15) is 16.1 Å². The summed E-state index contributed by atoms with van der Waals surface area (Å²) in [5.74, 6) is -1.09. The predicted octanol–water partition coefficient (Wildman–Crippen LogP) is 3.20. The minimum atomic E-state index is -1.05. The second kappa shape index (κ2) is 3.13. The van der Waals surface area contributed by atoms with Gasteiger partial charge in [0.2, 0.25) is 5.76 Å². The maximum absolute atomic E-state index is 10.7. The lowest BCUT2D eigenvalue weighted by Crippen LogP contribution is -1.91. The molecule has 0 saturated heterocycles. The van der Waals surface area contributed by atoms with Gasteiger partial charge in [0, 0.05) is 5.39 Å². The fourth-order valence-corrected chi connectivity index (χ4v) is 2.03. The Kier molecular flexibility index (Phi) is 2.07. The van der Waals surface area contributed by atoms with E-state index in [1.165, 1.54) is 6.07 Å². The summed E-state index contributed by atoms with van der Waals surface area (Å²) in [6.07, 6.45) is 0. The Balaban J connectivity index is 2.76. The average molecular weight is 255 g/mol. The van der Waals surface area contributed by atoms with Crippen LogP contribution in [-0.2, 0) is 0 Å². The molecule has 1 heterocycles. The van der Waals surface area contributed by atoms with Crippen LogP contribution in [0.3, 0.4) is 0 Å². The molecule has 0 atom stereocenters. The zero-order chi connectivity index (χ0) is 10.3. The molecule has 0 unspecified atom stereocenters. The van der Waals surface area contributed by atoms with Crippen molar-refractivity contribution in [3.05, 3.63) is 34.0 Å². The molecule has 4 heteroatoms. The SMILES string of the molecule is Cc1cc(Br)c2oc(C(=O)O)cc2c1. The van der Waals surface area contributed by atoms with Gasteiger partial charge in [-0.2, -0.15) is 0 Å². The summed E-state index contributed by atoms with van der Waals surface area (Å²) < 4.78 is 5.95. The number of aromatic carboxylic acids is 1. The van der Waals surface area contributed by atoms with E-state index in [0.717, 1.165) is 15.4 Å². The van der Waals surface area contributed by atoms with Crippen LogP contribution in [0, 0.1) is 6.92 Å². The standard InChI is InChI=1S/C10H7BrO3/c1-5-2-6-4-8(10(12)13)14-9(6)7(11)3-5/h2-4H,1H3,(H,12,13). The Labute approximate surface area is 88.5 Å². The number of aryl methyl sites for hydroxylation is 1. The summed E-state index contributed by atoms with van der Waals surface area (Å²) in [4.78, 5) is 10.7. The minimum Gasteiger partial charge on any atom is -0.475 e. The van der Waals surface area contributed by atoms with Crippen LogP contribution in [0.25, 0.3) is 11.0 Å². The van der Waals surface area contributed by atoms with Crippen LogP contribution in [0.15, 0.2) is 27.1 Å². The molecule has 2 rings (SSSR count). The lowest BCUT2D eigenvalue weighted by Gasteiger charge is -1.94. The van der Waals surface area contributed by atoms with E-state index >= 15 is 0 Å². The monoisotopic (exact) mass is 254 g/mol. The maximum Gasteiger partial charge on any atom is 0.371 e. The number of rotatable bonds is 1. The fourth-order valence-electron chi connectivity index (χ4n) is 1.36. The van der Waals surface area contributed by atoms with Gasteiger partial charge < -0.3 is 9.52 Å². The number of benzene rings is 1. The third-order valence-electron chi connectivity index (χ3n) is 1.93. The van der Waals surface area contributed by atoms with Crippen molar-refractivity contribution in [3.63, 3.8) is 0 Å². The van der Waals surface area contributed by atoms with Crippen LogP contribution < -0.4 is 0 Å². The second-order valence-corrected chi connectivity index (χ2v) is 3.94. The quantitative estimate of drug-likeness (QED) is 0.851. The molecule has 0 aliphatic heterocycles. The first-order chi connectivity index (χ1) is 6.58. The van der Waals surface area contributed by atoms with E-state index in [-0.39, 0.29) is 5.76 Å². The van der Waals surface area contributed by atoms with Crippen molar-refractivity contribution >= 4 is 32.9 Å². The molecule has 1 N–H and O–H groups in total. The summed E-state index contributed by atoms with van der Waals surface area (Å²) in [5, 5.41) is 9.54. The van der Waals surface area contributed by atoms with Gasteiger partial charge in [0.25, 0.3) is 0 Å². The summed E-state index contributed by atoms with van der Waals surface area (Å²) in [5.41, 5.74) is 1.63. The molecule has 1 aromatic heterocycles. The summed E-state index contributed by atoms with van der Waals surface area (Å²) in [6.45, 7) is 1.94. The van der Waals surface area contributed by atoms with Crippen molar-refractivity contribution in [3.8, 4) is 0 Å². The zero-order valence-corrected chi connectivity index (χ0v) is 8.96. The summed E-state index contributed by atoms with van der Waals surface area (Å²) in [6, 6.07) is 5.29. The first kappa shape index (κ1) is 9.27. The third kappa shape index (κ3) is 1.42. The van der Waals surface area contributed by atoms with Gasteiger partial charge >= 0.3 is 5.97 Å². The Morgan fingerprint density at radius 3 is 2.79 bits per heavy atom. The number of hydrogen-bond acceptors (Lipinski definition) is 2. The minimum absolute atomic E-state index is 0.0358. The molecule has 0 aliphatic carbocycles. The molecule has 0 amide bonds. The van der Waals surface area contributed by atoms with Crippen LogP contribution in [-0.4, -0.2) is 11.1 Å². The van der Waals surface area contributed by atoms with Crippen LogP contribution >= 0.6 is 15.9 Å². The molecule has 0 spiro atoms. The molecule has 1 aromatic carbocycles. The summed E-state index contributed by atoms with van der Waals surface area (Å²) >= 11 is 3.32. The topological polar surface area (TPSA) is 50.4 Å². The predicted molar refractivity (Wildman–Crippen MR) is 55.6 cm³/mol. The number of carboxylic acid groups (broad SMARTS) is 1. The van der Waals surface area contributed by atoms with Crippen molar-refractivity contribution in [1.29, 1.82) is 0 Å². The lowest BCUT2D eigenvalue weighted by molar-refractivity contribution is 0.0665. The highest BCUT2D eigenvalue weighted by molar-refractivity contribution is 9.10. The number of fused-ring (bicyclic) bond motifs is 1. The Bertz CT molecular complexity index is 513. The highest BCUT2D eigenvalue weighted by Gasteiger charge is 2.12. The van der Waals surface area contributed by atoms with E-state index in [0.29, 0.717) is 5.58 Å². The highest BCUT2D eigenvalue weighted by atomic mass is 79.9. The lowest BCUT2D eigenvalue weighted by atomic mass is 10.2. The van der Waals surface area contributed by atoms with E-state index in [9.17, 15) is 4.79 Å². The molecule has 0 radical (unpaired) electrons. The third-order valence-corrected chi connectivity index (χ3v) is 2.52. The van der Waals surface area contributed by atoms with Crippen molar-refractivity contribution in [2.45, 2.75) is 6.92 Å². The molecule has 14 heavy (non-hydrogen) atoms. The molecule has 2 aromatic rings. The van der Waals surface area contributed by atoms with E-state index in [4.69, 9.17) is 9.52 Å². The molecule has 72 valence electrons. The maximum atomic E-state index is 10.7. The van der Waals surface area contributed by atoms with Gasteiger partial charge in [0.15, 0.2) is 0 Å². The van der Waals surface area contributed by atoms with Gasteiger partial charge in [-0.25, -0.2) is 4.79 Å². The van der Waals surface area contributed by atoms with Crippen molar-refractivity contribution in [2.24, 2.45) is 0 Å². The van der Waals surface area contributed by atoms with Crippen LogP contribution in [0.5, 0.6) is 0 Å². The first-order valence-corrected chi connectivity index (χ1v) is 4.80. The molecule has 0 bridgehead atoms. The Hall–Kier alpha value is -1.29. The highest BCUT2D eigenvalue weighted by Crippen LogP contribution is 2.28. The molecule has 3 nitrogen and oxygen atoms in total. The number of carbonyl (C=O) groups is 1. The van der Waals surface area contributed by atoms with Gasteiger partial charge in [-0.05, 0) is 46.6 Å². The van der Waals surface area contributed by atoms with Crippen LogP contribution in [0.2, 0.25) is 0 Å². The van der Waals surface area contributed by atoms with Gasteiger partial charge in [0.05, 0.1) is 4.47 Å². The molecule has 0 fully saturated rings. The van der Waals surface area contributed by atoms with E-state index in [1.807, 2.05) is 19.1 Å². The number of hydrogen-bond donors (Lipinski definition) is 1. The smallest absolute Gasteiger partial charge is 0.371 e. The Morgan fingerprint density at radius 1 is 1.43 bits per heavy atom. The molecule has 0 aliphatic rings. The van der Waals surface area contributed by atoms with E-state index < -0.39 is 5.97 Å². The summed E-state index contributed by atoms with van der Waals surface area (Å²) in [7, 11) is 0. The second-order valence-electron chi connectivity index (χ2n) is 3.08. The largest absolute Gasteiger partial charge is 0.475 e. The number of furan rings is 1. The Morgan fingerprint density at radius 2 is 2.14 bits per heavy atom. The first-order valence-electron chi connectivity index (χ1n) is 4.01. The van der Waals surface area contributed by atoms with Gasteiger partial charge in [-0.3, -0.25) is 0 Å². The van der Waals surface area contributed by atoms with E-state index in [1.54, 1.807) is 0 Å².